The van der Waals surface area contributed by atoms with Crippen LogP contribution in [0.1, 0.15) is 46.0 Å². The molecule has 2 unspecified atom stereocenters. The Hall–Kier alpha value is -0.180. The van der Waals surface area contributed by atoms with Gasteiger partial charge in [0.1, 0.15) is 6.10 Å². The Morgan fingerprint density at radius 1 is 1.23 bits per heavy atom. The molecule has 0 aromatic rings. The Kier molecular flexibility index (Phi) is 7.14. The van der Waals surface area contributed by atoms with E-state index < -0.39 is 12.5 Å². The van der Waals surface area contributed by atoms with Gasteiger partial charge in [0, 0.05) is 0 Å². The molecular weight excluding hydrogens is 174 g/mol. The van der Waals surface area contributed by atoms with Crippen LogP contribution in [0.15, 0.2) is 0 Å². The second-order valence-corrected chi connectivity index (χ2v) is 3.55. The molecule has 0 amide bonds. The van der Waals surface area contributed by atoms with Gasteiger partial charge in [-0.3, -0.25) is 0 Å². The van der Waals surface area contributed by atoms with Crippen LogP contribution in [0, 0.1) is 5.92 Å². The van der Waals surface area contributed by atoms with Gasteiger partial charge in [-0.15, -0.1) is 0 Å². The molecule has 0 radical (unpaired) electrons. The monoisotopic (exact) mass is 194 g/mol. The van der Waals surface area contributed by atoms with Crippen molar-refractivity contribution in [1.82, 2.24) is 0 Å². The summed E-state index contributed by atoms with van der Waals surface area (Å²) in [6.45, 7) is 4.06. The Morgan fingerprint density at radius 3 is 2.23 bits per heavy atom. The van der Waals surface area contributed by atoms with Crippen LogP contribution in [0.2, 0.25) is 0 Å². The average molecular weight is 194 g/mol. The van der Waals surface area contributed by atoms with E-state index in [2.05, 4.69) is 6.92 Å². The fourth-order valence-corrected chi connectivity index (χ4v) is 1.43. The number of alkyl halides is 2. The van der Waals surface area contributed by atoms with Gasteiger partial charge in [0.05, 0.1) is 0 Å². The first-order valence-corrected chi connectivity index (χ1v) is 5.08. The molecule has 0 heterocycles. The number of hydrogen-bond acceptors (Lipinski definition) is 1. The summed E-state index contributed by atoms with van der Waals surface area (Å²) < 4.78 is 24.0. The molecule has 0 aromatic heterocycles. The lowest BCUT2D eigenvalue weighted by atomic mass is 9.93. The van der Waals surface area contributed by atoms with E-state index in [1.54, 1.807) is 0 Å². The molecule has 0 fully saturated rings. The van der Waals surface area contributed by atoms with Crippen LogP contribution >= 0.6 is 0 Å². The summed E-state index contributed by atoms with van der Waals surface area (Å²) >= 11 is 0. The fraction of sp³-hybridized carbons (Fsp3) is 1.00. The first-order chi connectivity index (χ1) is 6.11. The van der Waals surface area contributed by atoms with Crippen LogP contribution in [0.3, 0.4) is 0 Å². The largest absolute Gasteiger partial charge is 0.387 e. The van der Waals surface area contributed by atoms with Gasteiger partial charge in [0.15, 0.2) is 0 Å². The molecule has 0 aliphatic carbocycles. The van der Waals surface area contributed by atoms with Gasteiger partial charge >= 0.3 is 0 Å². The zero-order chi connectivity index (χ0) is 10.3. The SMILES string of the molecule is CCCCC(CC)CC(O)C(F)F. The maximum atomic E-state index is 12.0. The van der Waals surface area contributed by atoms with Crippen LogP contribution in [0.25, 0.3) is 0 Å². The first kappa shape index (κ1) is 12.8. The van der Waals surface area contributed by atoms with E-state index in [0.717, 1.165) is 25.7 Å². The highest BCUT2D eigenvalue weighted by Gasteiger charge is 2.20. The maximum Gasteiger partial charge on any atom is 0.264 e. The third-order valence-corrected chi connectivity index (χ3v) is 2.41. The zero-order valence-electron chi connectivity index (χ0n) is 8.47. The van der Waals surface area contributed by atoms with Gasteiger partial charge < -0.3 is 5.11 Å². The normalized spacial score (nSPS) is 16.2. The lowest BCUT2D eigenvalue weighted by Crippen LogP contribution is -2.21. The highest BCUT2D eigenvalue weighted by Crippen LogP contribution is 2.20. The van der Waals surface area contributed by atoms with Crippen LogP contribution in [-0.2, 0) is 0 Å². The summed E-state index contributed by atoms with van der Waals surface area (Å²) in [6.07, 6.45) is 0.210. The van der Waals surface area contributed by atoms with Crippen molar-refractivity contribution in [2.75, 3.05) is 0 Å². The number of aliphatic hydroxyl groups is 1. The zero-order valence-corrected chi connectivity index (χ0v) is 8.47. The van der Waals surface area contributed by atoms with E-state index in [4.69, 9.17) is 5.11 Å². The highest BCUT2D eigenvalue weighted by molar-refractivity contribution is 4.65. The maximum absolute atomic E-state index is 12.0. The van der Waals surface area contributed by atoms with Gasteiger partial charge in [0.25, 0.3) is 6.43 Å². The number of unbranched alkanes of at least 4 members (excludes halogenated alkanes) is 1. The van der Waals surface area contributed by atoms with Gasteiger partial charge in [-0.2, -0.15) is 0 Å². The molecule has 13 heavy (non-hydrogen) atoms. The molecule has 0 aliphatic rings. The Balaban J connectivity index is 3.69. The van der Waals surface area contributed by atoms with Crippen molar-refractivity contribution in [3.8, 4) is 0 Å². The average Bonchev–Trinajstić information content (AvgIpc) is 2.11. The number of aliphatic hydroxyl groups excluding tert-OH is 1. The Labute approximate surface area is 79.1 Å². The smallest absolute Gasteiger partial charge is 0.264 e. The molecule has 0 bridgehead atoms. The predicted molar refractivity (Wildman–Crippen MR) is 49.9 cm³/mol. The molecule has 0 aliphatic heterocycles. The summed E-state index contributed by atoms with van der Waals surface area (Å²) in [7, 11) is 0. The number of rotatable bonds is 7. The third-order valence-electron chi connectivity index (χ3n) is 2.41. The summed E-state index contributed by atoms with van der Waals surface area (Å²) in [5, 5.41) is 8.98. The van der Waals surface area contributed by atoms with Crippen molar-refractivity contribution in [2.45, 2.75) is 58.5 Å². The van der Waals surface area contributed by atoms with Gasteiger partial charge in [0.2, 0.25) is 0 Å². The van der Waals surface area contributed by atoms with Crippen LogP contribution in [-0.4, -0.2) is 17.6 Å². The molecular formula is C10H20F2O. The van der Waals surface area contributed by atoms with Crippen molar-refractivity contribution in [1.29, 1.82) is 0 Å². The standard InChI is InChI=1S/C10H20F2O/c1-3-5-6-8(4-2)7-9(13)10(11)12/h8-10,13H,3-7H2,1-2H3. The molecule has 0 aromatic carbocycles. The predicted octanol–water partition coefficient (Wildman–Crippen LogP) is 3.22. The van der Waals surface area contributed by atoms with Crippen molar-refractivity contribution in [3.63, 3.8) is 0 Å². The van der Waals surface area contributed by atoms with Crippen molar-refractivity contribution in [3.05, 3.63) is 0 Å². The molecule has 0 saturated carbocycles. The van der Waals surface area contributed by atoms with E-state index in [1.807, 2.05) is 6.92 Å². The summed E-state index contributed by atoms with van der Waals surface area (Å²) in [5.41, 5.74) is 0. The topological polar surface area (TPSA) is 20.2 Å². The van der Waals surface area contributed by atoms with Crippen molar-refractivity contribution >= 4 is 0 Å². The molecule has 3 heteroatoms. The Bertz CT molecular complexity index is 117. The molecule has 1 nitrogen and oxygen atoms in total. The molecule has 1 N–H and O–H groups in total. The highest BCUT2D eigenvalue weighted by atomic mass is 19.3. The second-order valence-electron chi connectivity index (χ2n) is 3.55. The molecule has 0 spiro atoms. The van der Waals surface area contributed by atoms with Gasteiger partial charge in [-0.05, 0) is 12.3 Å². The van der Waals surface area contributed by atoms with Crippen molar-refractivity contribution < 1.29 is 13.9 Å². The molecule has 2 atom stereocenters. The van der Waals surface area contributed by atoms with E-state index in [1.165, 1.54) is 0 Å². The van der Waals surface area contributed by atoms with Crippen molar-refractivity contribution in [2.24, 2.45) is 5.92 Å². The lowest BCUT2D eigenvalue weighted by molar-refractivity contribution is -0.0186. The van der Waals surface area contributed by atoms with E-state index in [0.29, 0.717) is 0 Å². The minimum atomic E-state index is -2.59. The summed E-state index contributed by atoms with van der Waals surface area (Å²) in [6, 6.07) is 0. The van der Waals surface area contributed by atoms with E-state index >= 15 is 0 Å². The third kappa shape index (κ3) is 5.97. The second kappa shape index (κ2) is 7.25. The Morgan fingerprint density at radius 2 is 1.85 bits per heavy atom. The fourth-order valence-electron chi connectivity index (χ4n) is 1.43. The van der Waals surface area contributed by atoms with Gasteiger partial charge in [-0.25, -0.2) is 8.78 Å². The lowest BCUT2D eigenvalue weighted by Gasteiger charge is -2.17. The molecule has 0 saturated heterocycles. The number of halogens is 2. The summed E-state index contributed by atoms with van der Waals surface area (Å²) in [4.78, 5) is 0. The molecule has 80 valence electrons. The van der Waals surface area contributed by atoms with Gasteiger partial charge in [-0.1, -0.05) is 39.5 Å². The minimum Gasteiger partial charge on any atom is -0.387 e. The number of hydrogen-bond donors (Lipinski definition) is 1. The van der Waals surface area contributed by atoms with Crippen LogP contribution in [0.4, 0.5) is 8.78 Å². The first-order valence-electron chi connectivity index (χ1n) is 5.08. The van der Waals surface area contributed by atoms with Crippen LogP contribution < -0.4 is 0 Å². The minimum absolute atomic E-state index is 0.244. The van der Waals surface area contributed by atoms with E-state index in [-0.39, 0.29) is 12.3 Å². The van der Waals surface area contributed by atoms with E-state index in [9.17, 15) is 8.78 Å². The quantitative estimate of drug-likeness (QED) is 0.659. The summed E-state index contributed by atoms with van der Waals surface area (Å²) in [5.74, 6) is 0.254. The molecule has 0 rings (SSSR count). The van der Waals surface area contributed by atoms with Crippen LogP contribution in [0.5, 0.6) is 0 Å².